The van der Waals surface area contributed by atoms with Gasteiger partial charge in [0.2, 0.25) is 0 Å². The summed E-state index contributed by atoms with van der Waals surface area (Å²) in [5.74, 6) is 0.0204. The van der Waals surface area contributed by atoms with Gasteiger partial charge >= 0.3 is 0 Å². The number of nitrogens with two attached hydrogens (primary N) is 1. The van der Waals surface area contributed by atoms with Crippen LogP contribution in [0.2, 0.25) is 0 Å². The molecule has 0 aliphatic carbocycles. The van der Waals surface area contributed by atoms with Crippen LogP contribution in [0.3, 0.4) is 0 Å². The molecule has 20 heavy (non-hydrogen) atoms. The lowest BCUT2D eigenvalue weighted by atomic mass is 10.1. The molecule has 108 valence electrons. The molecular formula is C15H21N3O2. The Hall–Kier alpha value is -1.75. The van der Waals surface area contributed by atoms with Crippen molar-refractivity contribution in [2.75, 3.05) is 31.9 Å². The highest BCUT2D eigenvalue weighted by molar-refractivity contribution is 5.99. The van der Waals surface area contributed by atoms with Gasteiger partial charge in [-0.3, -0.25) is 9.69 Å². The minimum atomic E-state index is -0.0628. The van der Waals surface area contributed by atoms with Crippen molar-refractivity contribution in [2.45, 2.75) is 25.3 Å². The molecule has 0 spiro atoms. The lowest BCUT2D eigenvalue weighted by Gasteiger charge is -2.26. The first-order valence-electron chi connectivity index (χ1n) is 7.27. The fraction of sp³-hybridized carbons (Fsp3) is 0.533. The van der Waals surface area contributed by atoms with Gasteiger partial charge < -0.3 is 15.7 Å². The molecule has 1 aromatic carbocycles. The molecule has 2 fully saturated rings. The predicted molar refractivity (Wildman–Crippen MR) is 77.6 cm³/mol. The predicted octanol–water partition coefficient (Wildman–Crippen LogP) is 1.28. The zero-order valence-electron chi connectivity index (χ0n) is 11.6. The molecule has 2 aliphatic heterocycles. The Labute approximate surface area is 119 Å². The van der Waals surface area contributed by atoms with Crippen LogP contribution in [0.1, 0.15) is 29.6 Å². The second kappa shape index (κ2) is 5.32. The summed E-state index contributed by atoms with van der Waals surface area (Å²) in [6.45, 7) is 3.76. The van der Waals surface area contributed by atoms with Gasteiger partial charge in [-0.2, -0.15) is 0 Å². The number of benzene rings is 1. The van der Waals surface area contributed by atoms with Gasteiger partial charge in [0.25, 0.3) is 5.91 Å². The maximum Gasteiger partial charge on any atom is 0.256 e. The molecule has 2 saturated heterocycles. The van der Waals surface area contributed by atoms with Crippen molar-refractivity contribution in [2.24, 2.45) is 0 Å². The second-order valence-corrected chi connectivity index (χ2v) is 5.71. The molecule has 5 heteroatoms. The second-order valence-electron chi connectivity index (χ2n) is 5.71. The van der Waals surface area contributed by atoms with Crippen molar-refractivity contribution in [3.63, 3.8) is 0 Å². The highest BCUT2D eigenvalue weighted by Crippen LogP contribution is 2.25. The first-order chi connectivity index (χ1) is 9.65. The van der Waals surface area contributed by atoms with Crippen LogP contribution in [0.25, 0.3) is 0 Å². The van der Waals surface area contributed by atoms with Gasteiger partial charge in [0.1, 0.15) is 5.75 Å². The van der Waals surface area contributed by atoms with Gasteiger partial charge in [-0.25, -0.2) is 0 Å². The third-order valence-corrected chi connectivity index (χ3v) is 4.36. The van der Waals surface area contributed by atoms with E-state index in [0.29, 0.717) is 17.3 Å². The van der Waals surface area contributed by atoms with Crippen molar-refractivity contribution >= 4 is 11.6 Å². The number of fused-ring (bicyclic) bond motifs is 1. The van der Waals surface area contributed by atoms with Gasteiger partial charge in [-0.05, 0) is 44.0 Å². The largest absolute Gasteiger partial charge is 0.508 e. The molecule has 3 N–H and O–H groups in total. The van der Waals surface area contributed by atoms with Crippen molar-refractivity contribution in [1.82, 2.24) is 9.80 Å². The fourth-order valence-electron chi connectivity index (χ4n) is 3.29. The van der Waals surface area contributed by atoms with Crippen molar-refractivity contribution in [1.29, 1.82) is 0 Å². The number of phenolic OH excluding ortho intramolecular Hbond substituents is 1. The number of phenols is 1. The lowest BCUT2D eigenvalue weighted by Crippen LogP contribution is -2.39. The summed E-state index contributed by atoms with van der Waals surface area (Å²) >= 11 is 0. The number of hydrogen-bond acceptors (Lipinski definition) is 4. The first kappa shape index (κ1) is 13.2. The van der Waals surface area contributed by atoms with Crippen LogP contribution in [0.15, 0.2) is 18.2 Å². The Kier molecular flexibility index (Phi) is 3.53. The third kappa shape index (κ3) is 2.45. The molecule has 0 saturated carbocycles. The van der Waals surface area contributed by atoms with Gasteiger partial charge in [0.05, 0.1) is 5.56 Å². The maximum absolute atomic E-state index is 12.6. The van der Waals surface area contributed by atoms with Crippen LogP contribution in [-0.4, -0.2) is 53.0 Å². The van der Waals surface area contributed by atoms with Crippen molar-refractivity contribution < 1.29 is 9.90 Å². The summed E-state index contributed by atoms with van der Waals surface area (Å²) in [6, 6.07) is 5.05. The summed E-state index contributed by atoms with van der Waals surface area (Å²) in [7, 11) is 0. The van der Waals surface area contributed by atoms with Crippen LogP contribution in [0.5, 0.6) is 5.75 Å². The number of carbonyl (C=O) groups excluding carboxylic acids is 1. The average molecular weight is 275 g/mol. The number of carbonyl (C=O) groups is 1. The smallest absolute Gasteiger partial charge is 0.256 e. The summed E-state index contributed by atoms with van der Waals surface area (Å²) in [5.41, 5.74) is 6.72. The topological polar surface area (TPSA) is 69.8 Å². The molecule has 0 radical (unpaired) electrons. The zero-order chi connectivity index (χ0) is 14.1. The third-order valence-electron chi connectivity index (χ3n) is 4.36. The Balaban J connectivity index is 1.80. The van der Waals surface area contributed by atoms with Crippen LogP contribution in [-0.2, 0) is 0 Å². The van der Waals surface area contributed by atoms with Crippen LogP contribution in [0, 0.1) is 0 Å². The SMILES string of the molecule is Nc1ccc(O)cc1C(=O)N1CCCN2CCCC2C1. The average Bonchev–Trinajstić information content (AvgIpc) is 2.78. The number of hydrogen-bond donors (Lipinski definition) is 2. The molecule has 5 nitrogen and oxygen atoms in total. The van der Waals surface area contributed by atoms with Gasteiger partial charge in [-0.15, -0.1) is 0 Å². The number of anilines is 1. The summed E-state index contributed by atoms with van der Waals surface area (Å²) in [6.07, 6.45) is 3.39. The maximum atomic E-state index is 12.6. The minimum Gasteiger partial charge on any atom is -0.508 e. The highest BCUT2D eigenvalue weighted by Gasteiger charge is 2.31. The van der Waals surface area contributed by atoms with E-state index in [1.807, 2.05) is 4.90 Å². The normalized spacial score (nSPS) is 23.4. The van der Waals surface area contributed by atoms with Crippen LogP contribution in [0.4, 0.5) is 5.69 Å². The highest BCUT2D eigenvalue weighted by atomic mass is 16.3. The van der Waals surface area contributed by atoms with E-state index in [9.17, 15) is 9.90 Å². The molecule has 1 atom stereocenters. The first-order valence-corrected chi connectivity index (χ1v) is 7.27. The van der Waals surface area contributed by atoms with Crippen molar-refractivity contribution in [3.05, 3.63) is 23.8 Å². The molecule has 3 rings (SSSR count). The summed E-state index contributed by atoms with van der Waals surface area (Å²) in [4.78, 5) is 17.0. The molecule has 2 aliphatic rings. The zero-order valence-corrected chi connectivity index (χ0v) is 11.6. The number of nitrogen functional groups attached to an aromatic ring is 1. The molecule has 0 aromatic heterocycles. The number of rotatable bonds is 1. The van der Waals surface area contributed by atoms with E-state index in [1.165, 1.54) is 25.0 Å². The lowest BCUT2D eigenvalue weighted by molar-refractivity contribution is 0.0744. The quantitative estimate of drug-likeness (QED) is 0.598. The monoisotopic (exact) mass is 275 g/mol. The molecule has 1 unspecified atom stereocenters. The van der Waals surface area contributed by atoms with E-state index >= 15 is 0 Å². The van der Waals surface area contributed by atoms with Gasteiger partial charge in [0.15, 0.2) is 0 Å². The Morgan fingerprint density at radius 3 is 2.90 bits per heavy atom. The molecule has 1 aromatic rings. The molecule has 1 amide bonds. The van der Waals surface area contributed by atoms with E-state index in [1.54, 1.807) is 6.07 Å². The van der Waals surface area contributed by atoms with E-state index in [4.69, 9.17) is 5.73 Å². The molecular weight excluding hydrogens is 254 g/mol. The van der Waals surface area contributed by atoms with Crippen molar-refractivity contribution in [3.8, 4) is 5.75 Å². The van der Waals surface area contributed by atoms with E-state index in [2.05, 4.69) is 4.90 Å². The molecule has 2 heterocycles. The summed E-state index contributed by atoms with van der Waals surface area (Å²) < 4.78 is 0. The van der Waals surface area contributed by atoms with Crippen LogP contribution < -0.4 is 5.73 Å². The standard InChI is InChI=1S/C15H21N3O2/c16-14-5-4-12(19)9-13(14)15(20)18-8-2-7-17-6-1-3-11(17)10-18/h4-5,9,11,19H,1-3,6-8,10,16H2. The van der Waals surface area contributed by atoms with Crippen LogP contribution >= 0.6 is 0 Å². The number of aromatic hydroxyl groups is 1. The fourth-order valence-corrected chi connectivity index (χ4v) is 3.29. The summed E-state index contributed by atoms with van der Waals surface area (Å²) in [5, 5.41) is 9.56. The Morgan fingerprint density at radius 2 is 2.05 bits per heavy atom. The number of amides is 1. The Morgan fingerprint density at radius 1 is 1.25 bits per heavy atom. The van der Waals surface area contributed by atoms with E-state index < -0.39 is 0 Å². The number of nitrogens with zero attached hydrogens (tertiary/aromatic N) is 2. The Bertz CT molecular complexity index is 518. The minimum absolute atomic E-state index is 0.0628. The van der Waals surface area contributed by atoms with E-state index in [0.717, 1.165) is 32.6 Å². The molecule has 0 bridgehead atoms. The van der Waals surface area contributed by atoms with E-state index in [-0.39, 0.29) is 11.7 Å². The van der Waals surface area contributed by atoms with Gasteiger partial charge in [0, 0.05) is 31.4 Å². The van der Waals surface area contributed by atoms with Gasteiger partial charge in [-0.1, -0.05) is 0 Å².